The Labute approximate surface area is 170 Å². The van der Waals surface area contributed by atoms with Gasteiger partial charge in [0.1, 0.15) is 5.82 Å². The number of fused-ring (bicyclic) bond motifs is 2. The molecule has 2 aromatic heterocycles. The summed E-state index contributed by atoms with van der Waals surface area (Å²) in [5, 5.41) is 12.3. The largest absolute Gasteiger partial charge is 0.352 e. The molecule has 8 heteroatoms. The Morgan fingerprint density at radius 3 is 2.76 bits per heavy atom. The number of nitrogens with zero attached hydrogens (tertiary/aromatic N) is 6. The van der Waals surface area contributed by atoms with Crippen LogP contribution >= 0.6 is 0 Å². The van der Waals surface area contributed by atoms with Gasteiger partial charge < -0.3 is 19.7 Å². The van der Waals surface area contributed by atoms with Crippen molar-refractivity contribution in [1.29, 1.82) is 5.26 Å². The van der Waals surface area contributed by atoms with E-state index in [1.54, 1.807) is 6.20 Å². The second-order valence-electron chi connectivity index (χ2n) is 8.21. The average Bonchev–Trinajstić information content (AvgIpc) is 3.33. The maximum atomic E-state index is 12.8. The van der Waals surface area contributed by atoms with Crippen molar-refractivity contribution >= 4 is 23.4 Å². The SMILES string of the molecule is CCn1ccc(Nc2nccc(N3C[C@H]4CC[C@@H](C3)N4C(=O)[C@@H]3C[C@H]3C#N)n2)c1. The zero-order chi connectivity index (χ0) is 20.0. The smallest absolute Gasteiger partial charge is 0.229 e. The average molecular weight is 391 g/mol. The van der Waals surface area contributed by atoms with Crippen LogP contribution in [-0.2, 0) is 11.3 Å². The summed E-state index contributed by atoms with van der Waals surface area (Å²) >= 11 is 0. The molecule has 5 rings (SSSR count). The van der Waals surface area contributed by atoms with Crippen LogP contribution < -0.4 is 10.2 Å². The van der Waals surface area contributed by atoms with Crippen LogP contribution in [0.3, 0.4) is 0 Å². The van der Waals surface area contributed by atoms with E-state index in [4.69, 9.17) is 10.2 Å². The number of piperazine rings is 1. The molecule has 0 aromatic carbocycles. The number of rotatable bonds is 5. The maximum absolute atomic E-state index is 12.8. The number of hydrogen-bond donors (Lipinski definition) is 1. The first-order chi connectivity index (χ1) is 14.2. The van der Waals surface area contributed by atoms with E-state index in [0.717, 1.165) is 50.4 Å². The second kappa shape index (κ2) is 7.07. The number of anilines is 3. The van der Waals surface area contributed by atoms with E-state index in [1.807, 2.05) is 24.5 Å². The van der Waals surface area contributed by atoms with Gasteiger partial charge in [-0.2, -0.15) is 10.2 Å². The summed E-state index contributed by atoms with van der Waals surface area (Å²) in [4.78, 5) is 26.3. The number of nitriles is 1. The van der Waals surface area contributed by atoms with Crippen LogP contribution in [0, 0.1) is 23.2 Å². The molecule has 1 amide bonds. The molecule has 4 atom stereocenters. The number of aryl methyl sites for hydroxylation is 1. The molecule has 2 bridgehead atoms. The van der Waals surface area contributed by atoms with Crippen LogP contribution in [0.5, 0.6) is 0 Å². The minimum Gasteiger partial charge on any atom is -0.352 e. The van der Waals surface area contributed by atoms with E-state index >= 15 is 0 Å². The fraction of sp³-hybridized carbons (Fsp3) is 0.524. The summed E-state index contributed by atoms with van der Waals surface area (Å²) in [6.07, 6.45) is 8.62. The molecular formula is C21H25N7O. The van der Waals surface area contributed by atoms with Crippen LogP contribution in [0.2, 0.25) is 0 Å². The minimum absolute atomic E-state index is 0.0695. The Bertz CT molecular complexity index is 950. The third-order valence-electron chi connectivity index (χ3n) is 6.35. The monoisotopic (exact) mass is 391 g/mol. The van der Waals surface area contributed by atoms with Crippen LogP contribution in [0.4, 0.5) is 17.5 Å². The van der Waals surface area contributed by atoms with Crippen LogP contribution in [-0.4, -0.2) is 50.5 Å². The normalized spacial score (nSPS) is 27.6. The van der Waals surface area contributed by atoms with Crippen LogP contribution in [0.15, 0.2) is 30.7 Å². The van der Waals surface area contributed by atoms with Gasteiger partial charge in [-0.25, -0.2) is 4.98 Å². The molecule has 0 unspecified atom stereocenters. The Hall–Kier alpha value is -3.08. The number of carbonyl (C=O) groups is 1. The number of amides is 1. The van der Waals surface area contributed by atoms with Crippen molar-refractivity contribution < 1.29 is 4.79 Å². The molecule has 0 spiro atoms. The summed E-state index contributed by atoms with van der Waals surface area (Å²) in [5.41, 5.74) is 0.968. The van der Waals surface area contributed by atoms with Crippen LogP contribution in [0.25, 0.3) is 0 Å². The highest BCUT2D eigenvalue weighted by atomic mass is 16.2. The highest BCUT2D eigenvalue weighted by molar-refractivity contribution is 5.83. The lowest BCUT2D eigenvalue weighted by atomic mass is 10.1. The molecule has 29 heavy (non-hydrogen) atoms. The number of hydrogen-bond acceptors (Lipinski definition) is 6. The molecule has 2 aliphatic heterocycles. The van der Waals surface area contributed by atoms with Gasteiger partial charge >= 0.3 is 0 Å². The van der Waals surface area contributed by atoms with Crippen molar-refractivity contribution in [2.75, 3.05) is 23.3 Å². The van der Waals surface area contributed by atoms with E-state index in [-0.39, 0.29) is 29.8 Å². The highest BCUT2D eigenvalue weighted by Crippen LogP contribution is 2.43. The van der Waals surface area contributed by atoms with E-state index in [0.29, 0.717) is 5.95 Å². The highest BCUT2D eigenvalue weighted by Gasteiger charge is 2.51. The zero-order valence-electron chi connectivity index (χ0n) is 16.5. The Morgan fingerprint density at radius 1 is 1.31 bits per heavy atom. The van der Waals surface area contributed by atoms with Crippen molar-refractivity contribution in [3.63, 3.8) is 0 Å². The molecule has 2 saturated heterocycles. The lowest BCUT2D eigenvalue weighted by molar-refractivity contribution is -0.136. The Balaban J connectivity index is 1.28. The summed E-state index contributed by atoms with van der Waals surface area (Å²) in [5.74, 6) is 1.52. The summed E-state index contributed by atoms with van der Waals surface area (Å²) in [6, 6.07) is 6.62. The third-order valence-corrected chi connectivity index (χ3v) is 6.35. The van der Waals surface area contributed by atoms with Gasteiger partial charge in [-0.1, -0.05) is 0 Å². The summed E-state index contributed by atoms with van der Waals surface area (Å²) in [7, 11) is 0. The number of carbonyl (C=O) groups excluding carboxylic acids is 1. The van der Waals surface area contributed by atoms with Crippen molar-refractivity contribution in [1.82, 2.24) is 19.4 Å². The number of aromatic nitrogens is 3. The van der Waals surface area contributed by atoms with Crippen molar-refractivity contribution in [3.8, 4) is 6.07 Å². The molecule has 0 radical (unpaired) electrons. The lowest BCUT2D eigenvalue weighted by Gasteiger charge is -2.41. The minimum atomic E-state index is -0.0713. The second-order valence-corrected chi connectivity index (χ2v) is 8.21. The molecule has 8 nitrogen and oxygen atoms in total. The molecular weight excluding hydrogens is 366 g/mol. The van der Waals surface area contributed by atoms with Crippen LogP contribution in [0.1, 0.15) is 26.2 Å². The summed E-state index contributed by atoms with van der Waals surface area (Å²) in [6.45, 7) is 4.59. The lowest BCUT2D eigenvalue weighted by Crippen LogP contribution is -2.56. The van der Waals surface area contributed by atoms with Gasteiger partial charge in [0.25, 0.3) is 0 Å². The first-order valence-corrected chi connectivity index (χ1v) is 10.4. The Morgan fingerprint density at radius 2 is 2.10 bits per heavy atom. The van der Waals surface area contributed by atoms with E-state index in [9.17, 15) is 4.79 Å². The van der Waals surface area contributed by atoms with Gasteiger partial charge in [0.15, 0.2) is 0 Å². The first kappa shape index (κ1) is 18.0. The predicted octanol–water partition coefficient (Wildman–Crippen LogP) is 2.38. The van der Waals surface area contributed by atoms with Gasteiger partial charge in [-0.15, -0.1) is 0 Å². The molecule has 3 fully saturated rings. The predicted molar refractivity (Wildman–Crippen MR) is 108 cm³/mol. The summed E-state index contributed by atoms with van der Waals surface area (Å²) < 4.78 is 2.09. The van der Waals surface area contributed by atoms with Gasteiger partial charge in [0.05, 0.1) is 23.6 Å². The maximum Gasteiger partial charge on any atom is 0.229 e. The van der Waals surface area contributed by atoms with Gasteiger partial charge in [0, 0.05) is 50.3 Å². The van der Waals surface area contributed by atoms with Gasteiger partial charge in [0.2, 0.25) is 11.9 Å². The molecule has 1 aliphatic carbocycles. The van der Waals surface area contributed by atoms with E-state index < -0.39 is 0 Å². The molecule has 4 heterocycles. The molecule has 1 saturated carbocycles. The fourth-order valence-electron chi connectivity index (χ4n) is 4.68. The van der Waals surface area contributed by atoms with E-state index in [1.165, 1.54) is 0 Å². The van der Waals surface area contributed by atoms with E-state index in [2.05, 4.69) is 37.7 Å². The molecule has 150 valence electrons. The third kappa shape index (κ3) is 3.31. The number of nitrogens with one attached hydrogen (secondary N) is 1. The topological polar surface area (TPSA) is 90.1 Å². The van der Waals surface area contributed by atoms with Gasteiger partial charge in [-0.05, 0) is 38.3 Å². The molecule has 3 aliphatic rings. The van der Waals surface area contributed by atoms with Crippen molar-refractivity contribution in [2.24, 2.45) is 11.8 Å². The van der Waals surface area contributed by atoms with Gasteiger partial charge in [-0.3, -0.25) is 4.79 Å². The molecule has 2 aromatic rings. The Kier molecular flexibility index (Phi) is 4.38. The first-order valence-electron chi connectivity index (χ1n) is 10.4. The quantitative estimate of drug-likeness (QED) is 0.842. The molecule has 1 N–H and O–H groups in total. The van der Waals surface area contributed by atoms with Crippen molar-refractivity contribution in [3.05, 3.63) is 30.7 Å². The van der Waals surface area contributed by atoms with Crippen molar-refractivity contribution in [2.45, 2.75) is 44.8 Å². The fourth-order valence-corrected chi connectivity index (χ4v) is 4.68. The zero-order valence-corrected chi connectivity index (χ0v) is 16.5. The standard InChI is InChI=1S/C21H25N7O/c1-2-26-8-6-15(11-26)24-21-23-7-5-19(25-21)27-12-16-3-4-17(13-27)28(16)20(29)18-9-14(18)10-22/h5-8,11,14,16-18H,2-4,9,12-13H2,1H3,(H,23,24,25)/t14-,16-,17+,18+/m0/s1.